The molecule has 3 heteroatoms. The fraction of sp³-hybridized carbons (Fsp3) is 0.120. The first-order chi connectivity index (χ1) is 13.7. The minimum absolute atomic E-state index is 0.865. The molecule has 4 aromatic rings. The molecule has 0 fully saturated rings. The SMILES string of the molecule is COc1ccc(-c2cc(-c3ccc(C)cc3)sc2-c2ccc(OC)cc2)cc1. The molecule has 1 aromatic heterocycles. The molecule has 0 N–H and O–H groups in total. The van der Waals surface area contributed by atoms with Crippen LogP contribution in [0.15, 0.2) is 78.9 Å². The minimum atomic E-state index is 0.865. The van der Waals surface area contributed by atoms with E-state index in [0.717, 1.165) is 11.5 Å². The van der Waals surface area contributed by atoms with Gasteiger partial charge in [-0.2, -0.15) is 0 Å². The van der Waals surface area contributed by atoms with Gasteiger partial charge in [-0.3, -0.25) is 0 Å². The summed E-state index contributed by atoms with van der Waals surface area (Å²) in [5.41, 5.74) is 6.11. The fourth-order valence-electron chi connectivity index (χ4n) is 3.19. The van der Waals surface area contributed by atoms with Crippen LogP contribution in [0, 0.1) is 6.92 Å². The summed E-state index contributed by atoms with van der Waals surface area (Å²) in [7, 11) is 3.39. The van der Waals surface area contributed by atoms with Gasteiger partial charge in [-0.15, -0.1) is 11.3 Å². The van der Waals surface area contributed by atoms with E-state index in [1.807, 2.05) is 35.6 Å². The molecule has 0 aliphatic heterocycles. The van der Waals surface area contributed by atoms with E-state index >= 15 is 0 Å². The third-order valence-corrected chi connectivity index (χ3v) is 6.05. The van der Waals surface area contributed by atoms with Gasteiger partial charge in [0, 0.05) is 15.3 Å². The maximum Gasteiger partial charge on any atom is 0.118 e. The highest BCUT2D eigenvalue weighted by molar-refractivity contribution is 7.19. The second kappa shape index (κ2) is 7.91. The van der Waals surface area contributed by atoms with Crippen molar-refractivity contribution >= 4 is 11.3 Å². The third kappa shape index (κ3) is 3.67. The zero-order valence-corrected chi connectivity index (χ0v) is 17.0. The molecular weight excluding hydrogens is 364 g/mol. The summed E-state index contributed by atoms with van der Waals surface area (Å²) in [5.74, 6) is 1.73. The van der Waals surface area contributed by atoms with Crippen molar-refractivity contribution < 1.29 is 9.47 Å². The Morgan fingerprint density at radius 1 is 0.607 bits per heavy atom. The second-order valence-corrected chi connectivity index (χ2v) is 7.73. The molecule has 0 bridgehead atoms. The van der Waals surface area contributed by atoms with Crippen molar-refractivity contribution in [1.29, 1.82) is 0 Å². The van der Waals surface area contributed by atoms with Crippen LogP contribution in [0.5, 0.6) is 11.5 Å². The maximum absolute atomic E-state index is 5.32. The molecule has 0 saturated heterocycles. The largest absolute Gasteiger partial charge is 0.497 e. The molecule has 140 valence electrons. The molecule has 0 amide bonds. The van der Waals surface area contributed by atoms with E-state index in [9.17, 15) is 0 Å². The van der Waals surface area contributed by atoms with Gasteiger partial charge in [0.05, 0.1) is 14.2 Å². The highest BCUT2D eigenvalue weighted by Gasteiger charge is 2.14. The Hall–Kier alpha value is -3.04. The molecule has 28 heavy (non-hydrogen) atoms. The van der Waals surface area contributed by atoms with Crippen molar-refractivity contribution in [1.82, 2.24) is 0 Å². The summed E-state index contributed by atoms with van der Waals surface area (Å²) >= 11 is 1.82. The van der Waals surface area contributed by atoms with E-state index in [1.165, 1.54) is 37.6 Å². The Kier molecular flexibility index (Phi) is 5.18. The van der Waals surface area contributed by atoms with Crippen molar-refractivity contribution in [2.24, 2.45) is 0 Å². The van der Waals surface area contributed by atoms with Crippen molar-refractivity contribution in [3.05, 3.63) is 84.4 Å². The number of methoxy groups -OCH3 is 2. The van der Waals surface area contributed by atoms with Crippen molar-refractivity contribution in [3.63, 3.8) is 0 Å². The molecule has 2 nitrogen and oxygen atoms in total. The van der Waals surface area contributed by atoms with E-state index in [2.05, 4.69) is 61.5 Å². The first kappa shape index (κ1) is 18.3. The summed E-state index contributed by atoms with van der Waals surface area (Å²) in [6.45, 7) is 2.11. The first-order valence-electron chi connectivity index (χ1n) is 9.17. The highest BCUT2D eigenvalue weighted by Crippen LogP contribution is 2.44. The maximum atomic E-state index is 5.32. The van der Waals surface area contributed by atoms with Gasteiger partial charge in [-0.05, 0) is 66.1 Å². The molecule has 0 aliphatic rings. The fourth-order valence-corrected chi connectivity index (χ4v) is 4.38. The number of aryl methyl sites for hydroxylation is 1. The Labute approximate surface area is 170 Å². The average Bonchev–Trinajstić information content (AvgIpc) is 3.20. The molecule has 0 unspecified atom stereocenters. The molecule has 0 spiro atoms. The molecule has 3 aromatic carbocycles. The number of hydrogen-bond donors (Lipinski definition) is 0. The third-order valence-electron chi connectivity index (χ3n) is 4.82. The van der Waals surface area contributed by atoms with E-state index in [0.29, 0.717) is 0 Å². The Balaban J connectivity index is 1.84. The first-order valence-corrected chi connectivity index (χ1v) is 9.99. The van der Waals surface area contributed by atoms with E-state index in [4.69, 9.17) is 9.47 Å². The second-order valence-electron chi connectivity index (χ2n) is 6.68. The van der Waals surface area contributed by atoms with Gasteiger partial charge in [-0.25, -0.2) is 0 Å². The van der Waals surface area contributed by atoms with Crippen LogP contribution < -0.4 is 9.47 Å². The summed E-state index contributed by atoms with van der Waals surface area (Å²) in [6, 6.07) is 27.5. The highest BCUT2D eigenvalue weighted by atomic mass is 32.1. The van der Waals surface area contributed by atoms with Crippen LogP contribution in [-0.2, 0) is 0 Å². The van der Waals surface area contributed by atoms with Crippen LogP contribution in [0.4, 0.5) is 0 Å². The number of thiophene rings is 1. The standard InChI is InChI=1S/C25H22O2S/c1-17-4-6-19(7-5-17)24-16-23(18-8-12-21(26-2)13-9-18)25(28-24)20-10-14-22(27-3)15-11-20/h4-16H,1-3H3. The molecular formula is C25H22O2S. The predicted molar refractivity (Wildman–Crippen MR) is 118 cm³/mol. The predicted octanol–water partition coefficient (Wildman–Crippen LogP) is 7.07. The average molecular weight is 387 g/mol. The molecule has 0 radical (unpaired) electrons. The van der Waals surface area contributed by atoms with Gasteiger partial charge in [-0.1, -0.05) is 42.0 Å². The zero-order valence-electron chi connectivity index (χ0n) is 16.2. The van der Waals surface area contributed by atoms with E-state index < -0.39 is 0 Å². The van der Waals surface area contributed by atoms with Crippen molar-refractivity contribution in [3.8, 4) is 43.5 Å². The molecule has 0 atom stereocenters. The lowest BCUT2D eigenvalue weighted by molar-refractivity contribution is 0.414. The van der Waals surface area contributed by atoms with E-state index in [-0.39, 0.29) is 0 Å². The number of hydrogen-bond acceptors (Lipinski definition) is 3. The van der Waals surface area contributed by atoms with Gasteiger partial charge in [0.25, 0.3) is 0 Å². The van der Waals surface area contributed by atoms with Crippen LogP contribution in [0.1, 0.15) is 5.56 Å². The van der Waals surface area contributed by atoms with Gasteiger partial charge in [0.1, 0.15) is 11.5 Å². The Bertz CT molecular complexity index is 994. The molecule has 4 rings (SSSR count). The number of ether oxygens (including phenoxy) is 2. The lowest BCUT2D eigenvalue weighted by Crippen LogP contribution is -1.84. The number of rotatable bonds is 5. The molecule has 1 heterocycles. The van der Waals surface area contributed by atoms with Gasteiger partial charge < -0.3 is 9.47 Å². The monoisotopic (exact) mass is 386 g/mol. The Morgan fingerprint density at radius 2 is 1.11 bits per heavy atom. The summed E-state index contributed by atoms with van der Waals surface area (Å²) in [6.07, 6.45) is 0. The lowest BCUT2D eigenvalue weighted by Gasteiger charge is -2.07. The van der Waals surface area contributed by atoms with E-state index in [1.54, 1.807) is 14.2 Å². The summed E-state index contributed by atoms with van der Waals surface area (Å²) in [4.78, 5) is 2.51. The molecule has 0 saturated carbocycles. The van der Waals surface area contributed by atoms with Gasteiger partial charge in [0.2, 0.25) is 0 Å². The molecule has 0 aliphatic carbocycles. The van der Waals surface area contributed by atoms with Gasteiger partial charge >= 0.3 is 0 Å². The van der Waals surface area contributed by atoms with Crippen molar-refractivity contribution in [2.45, 2.75) is 6.92 Å². The van der Waals surface area contributed by atoms with Crippen LogP contribution >= 0.6 is 11.3 Å². The quantitative estimate of drug-likeness (QED) is 0.365. The van der Waals surface area contributed by atoms with Crippen LogP contribution in [0.3, 0.4) is 0 Å². The lowest BCUT2D eigenvalue weighted by atomic mass is 10.0. The zero-order chi connectivity index (χ0) is 19.5. The van der Waals surface area contributed by atoms with Crippen molar-refractivity contribution in [2.75, 3.05) is 14.2 Å². The smallest absolute Gasteiger partial charge is 0.118 e. The minimum Gasteiger partial charge on any atom is -0.497 e. The number of benzene rings is 3. The topological polar surface area (TPSA) is 18.5 Å². The summed E-state index contributed by atoms with van der Waals surface area (Å²) < 4.78 is 10.6. The van der Waals surface area contributed by atoms with Gasteiger partial charge in [0.15, 0.2) is 0 Å². The Morgan fingerprint density at radius 3 is 1.64 bits per heavy atom. The van der Waals surface area contributed by atoms with Crippen LogP contribution in [0.2, 0.25) is 0 Å². The van der Waals surface area contributed by atoms with Crippen LogP contribution in [-0.4, -0.2) is 14.2 Å². The summed E-state index contributed by atoms with van der Waals surface area (Å²) in [5, 5.41) is 0. The van der Waals surface area contributed by atoms with Crippen LogP contribution in [0.25, 0.3) is 32.0 Å². The normalized spacial score (nSPS) is 10.7.